The number of rotatable bonds is 6. The average Bonchev–Trinajstić information content (AvgIpc) is 3.01. The number of ether oxygens (including phenoxy) is 1. The van der Waals surface area contributed by atoms with Gasteiger partial charge >= 0.3 is 0 Å². The standard InChI is InChI=1S/C13H21N5O/c1-5-14-12(10-8-17(3)9-15-10)13-11(19-4)7-16-18(13)6-2/h7-9,12,14H,5-6H2,1-4H3. The van der Waals surface area contributed by atoms with Crippen LogP contribution >= 0.6 is 0 Å². The molecule has 0 bridgehead atoms. The van der Waals surface area contributed by atoms with Crippen LogP contribution in [0.1, 0.15) is 31.3 Å². The highest BCUT2D eigenvalue weighted by Gasteiger charge is 2.24. The number of methoxy groups -OCH3 is 1. The number of nitrogens with zero attached hydrogens (tertiary/aromatic N) is 4. The van der Waals surface area contributed by atoms with Crippen LogP contribution in [-0.4, -0.2) is 33.0 Å². The van der Waals surface area contributed by atoms with Crippen molar-refractivity contribution < 1.29 is 4.74 Å². The van der Waals surface area contributed by atoms with Crippen LogP contribution in [0.4, 0.5) is 0 Å². The van der Waals surface area contributed by atoms with Crippen molar-refractivity contribution in [2.75, 3.05) is 13.7 Å². The van der Waals surface area contributed by atoms with Crippen LogP contribution in [0.25, 0.3) is 0 Å². The zero-order valence-electron chi connectivity index (χ0n) is 11.9. The molecule has 1 atom stereocenters. The van der Waals surface area contributed by atoms with Gasteiger partial charge in [-0.05, 0) is 13.5 Å². The number of nitrogens with one attached hydrogen (secondary N) is 1. The van der Waals surface area contributed by atoms with E-state index in [9.17, 15) is 0 Å². The molecule has 0 aliphatic rings. The summed E-state index contributed by atoms with van der Waals surface area (Å²) in [6, 6.07) is -0.0106. The predicted octanol–water partition coefficient (Wildman–Crippen LogP) is 1.34. The average molecular weight is 263 g/mol. The van der Waals surface area contributed by atoms with Crippen molar-refractivity contribution >= 4 is 0 Å². The van der Waals surface area contributed by atoms with Gasteiger partial charge in [0.2, 0.25) is 0 Å². The molecule has 1 unspecified atom stereocenters. The van der Waals surface area contributed by atoms with Crippen molar-refractivity contribution in [1.82, 2.24) is 24.6 Å². The summed E-state index contributed by atoms with van der Waals surface area (Å²) in [7, 11) is 3.63. The second-order valence-electron chi connectivity index (χ2n) is 4.37. The van der Waals surface area contributed by atoms with Gasteiger partial charge in [-0.1, -0.05) is 6.92 Å². The molecule has 2 rings (SSSR count). The fourth-order valence-corrected chi connectivity index (χ4v) is 2.21. The Bertz CT molecular complexity index is 509. The fourth-order valence-electron chi connectivity index (χ4n) is 2.21. The molecular formula is C13H21N5O. The van der Waals surface area contributed by atoms with Gasteiger partial charge in [-0.25, -0.2) is 4.98 Å². The second kappa shape index (κ2) is 5.88. The van der Waals surface area contributed by atoms with E-state index < -0.39 is 0 Å². The van der Waals surface area contributed by atoms with Crippen LogP contribution in [0.15, 0.2) is 18.7 Å². The molecule has 1 N–H and O–H groups in total. The van der Waals surface area contributed by atoms with E-state index in [0.29, 0.717) is 0 Å². The molecule has 2 heterocycles. The van der Waals surface area contributed by atoms with Gasteiger partial charge < -0.3 is 14.6 Å². The van der Waals surface area contributed by atoms with Gasteiger partial charge in [0.05, 0.1) is 31.4 Å². The lowest BCUT2D eigenvalue weighted by atomic mass is 10.1. The number of hydrogen-bond acceptors (Lipinski definition) is 4. The first-order chi connectivity index (χ1) is 9.21. The van der Waals surface area contributed by atoms with Crippen LogP contribution in [-0.2, 0) is 13.6 Å². The first kappa shape index (κ1) is 13.6. The lowest BCUT2D eigenvalue weighted by molar-refractivity contribution is 0.399. The smallest absolute Gasteiger partial charge is 0.161 e. The molecule has 0 fully saturated rings. The van der Waals surface area contributed by atoms with E-state index in [1.54, 1.807) is 19.6 Å². The van der Waals surface area contributed by atoms with E-state index in [2.05, 4.69) is 29.2 Å². The maximum Gasteiger partial charge on any atom is 0.161 e. The van der Waals surface area contributed by atoms with Crippen molar-refractivity contribution in [3.8, 4) is 5.75 Å². The highest BCUT2D eigenvalue weighted by molar-refractivity contribution is 5.33. The molecule has 19 heavy (non-hydrogen) atoms. The molecule has 104 valence electrons. The third-order valence-electron chi connectivity index (χ3n) is 3.07. The molecule has 0 aromatic carbocycles. The fraction of sp³-hybridized carbons (Fsp3) is 0.538. The summed E-state index contributed by atoms with van der Waals surface area (Å²) in [4.78, 5) is 4.45. The Balaban J connectivity index is 2.46. The quantitative estimate of drug-likeness (QED) is 0.854. The highest BCUT2D eigenvalue weighted by Crippen LogP contribution is 2.29. The third-order valence-corrected chi connectivity index (χ3v) is 3.07. The van der Waals surface area contributed by atoms with Gasteiger partial charge in [0.15, 0.2) is 5.75 Å². The monoisotopic (exact) mass is 263 g/mol. The molecule has 0 amide bonds. The highest BCUT2D eigenvalue weighted by atomic mass is 16.5. The third kappa shape index (κ3) is 2.63. The summed E-state index contributed by atoms with van der Waals surface area (Å²) in [6.07, 6.45) is 5.57. The van der Waals surface area contributed by atoms with Crippen molar-refractivity contribution in [2.45, 2.75) is 26.4 Å². The number of aryl methyl sites for hydroxylation is 2. The van der Waals surface area contributed by atoms with Gasteiger partial charge in [0, 0.05) is 19.8 Å². The van der Waals surface area contributed by atoms with E-state index in [0.717, 1.165) is 30.2 Å². The molecule has 0 aliphatic carbocycles. The maximum absolute atomic E-state index is 5.43. The van der Waals surface area contributed by atoms with E-state index in [1.165, 1.54) is 0 Å². The van der Waals surface area contributed by atoms with Crippen molar-refractivity contribution in [2.24, 2.45) is 7.05 Å². The Morgan fingerprint density at radius 1 is 1.42 bits per heavy atom. The Morgan fingerprint density at radius 2 is 2.21 bits per heavy atom. The summed E-state index contributed by atoms with van der Waals surface area (Å²) in [5.41, 5.74) is 1.99. The zero-order chi connectivity index (χ0) is 13.8. The first-order valence-corrected chi connectivity index (χ1v) is 6.52. The Morgan fingerprint density at radius 3 is 2.74 bits per heavy atom. The van der Waals surface area contributed by atoms with Crippen LogP contribution in [0, 0.1) is 0 Å². The summed E-state index contributed by atoms with van der Waals surface area (Å²) >= 11 is 0. The molecule has 2 aromatic rings. The normalized spacial score (nSPS) is 12.6. The largest absolute Gasteiger partial charge is 0.493 e. The summed E-state index contributed by atoms with van der Waals surface area (Å²) in [5, 5.41) is 7.81. The van der Waals surface area contributed by atoms with Gasteiger partial charge in [-0.15, -0.1) is 0 Å². The lowest BCUT2D eigenvalue weighted by Gasteiger charge is -2.18. The van der Waals surface area contributed by atoms with Crippen molar-refractivity contribution in [3.05, 3.63) is 30.1 Å². The van der Waals surface area contributed by atoms with Crippen LogP contribution < -0.4 is 10.1 Å². The van der Waals surface area contributed by atoms with Gasteiger partial charge in [-0.2, -0.15) is 5.10 Å². The summed E-state index contributed by atoms with van der Waals surface area (Å²) < 4.78 is 9.31. The number of imidazole rings is 1. The maximum atomic E-state index is 5.43. The first-order valence-electron chi connectivity index (χ1n) is 6.52. The van der Waals surface area contributed by atoms with Crippen LogP contribution in [0.5, 0.6) is 5.75 Å². The minimum absolute atomic E-state index is 0.0106. The molecule has 0 radical (unpaired) electrons. The Hall–Kier alpha value is -1.82. The van der Waals surface area contributed by atoms with E-state index in [-0.39, 0.29) is 6.04 Å². The molecule has 0 aliphatic heterocycles. The Labute approximate surface area is 113 Å². The zero-order valence-corrected chi connectivity index (χ0v) is 11.9. The van der Waals surface area contributed by atoms with Gasteiger partial charge in [0.1, 0.15) is 5.69 Å². The summed E-state index contributed by atoms with van der Waals surface area (Å²) in [6.45, 7) is 5.79. The molecule has 0 spiro atoms. The molecule has 2 aromatic heterocycles. The van der Waals surface area contributed by atoms with Crippen molar-refractivity contribution in [3.63, 3.8) is 0 Å². The number of hydrogen-bond donors (Lipinski definition) is 1. The van der Waals surface area contributed by atoms with E-state index >= 15 is 0 Å². The molecular weight excluding hydrogens is 242 g/mol. The molecule has 6 nitrogen and oxygen atoms in total. The lowest BCUT2D eigenvalue weighted by Crippen LogP contribution is -2.25. The van der Waals surface area contributed by atoms with Crippen LogP contribution in [0.2, 0.25) is 0 Å². The molecule has 0 saturated carbocycles. The van der Waals surface area contributed by atoms with Crippen LogP contribution in [0.3, 0.4) is 0 Å². The minimum Gasteiger partial charge on any atom is -0.493 e. The second-order valence-corrected chi connectivity index (χ2v) is 4.37. The Kier molecular flexibility index (Phi) is 4.21. The summed E-state index contributed by atoms with van der Waals surface area (Å²) in [5.74, 6) is 0.790. The number of aromatic nitrogens is 4. The van der Waals surface area contributed by atoms with Crippen molar-refractivity contribution in [1.29, 1.82) is 0 Å². The van der Waals surface area contributed by atoms with Gasteiger partial charge in [-0.3, -0.25) is 4.68 Å². The molecule has 0 saturated heterocycles. The molecule has 6 heteroatoms. The topological polar surface area (TPSA) is 56.9 Å². The predicted molar refractivity (Wildman–Crippen MR) is 73.2 cm³/mol. The van der Waals surface area contributed by atoms with Gasteiger partial charge in [0.25, 0.3) is 0 Å². The van der Waals surface area contributed by atoms with E-state index in [1.807, 2.05) is 22.5 Å². The van der Waals surface area contributed by atoms with E-state index in [4.69, 9.17) is 4.74 Å². The SMILES string of the molecule is CCNC(c1cn(C)cn1)c1c(OC)cnn1CC. The minimum atomic E-state index is -0.0106.